The van der Waals surface area contributed by atoms with Gasteiger partial charge in [-0.15, -0.1) is 0 Å². The zero-order chi connectivity index (χ0) is 16.9. The largest absolute Gasteiger partial charge is 0.444 e. The van der Waals surface area contributed by atoms with Gasteiger partial charge in [0, 0.05) is 25.9 Å². The first-order valence-corrected chi connectivity index (χ1v) is 7.58. The Morgan fingerprint density at radius 2 is 1.83 bits per heavy atom. The standard InChI is InChI=1S/C17H21N3O3/c1-17(2,3)22-16(21)20-10-8-14(9-11-20)19-23-15-6-4-13(12-18)5-7-15/h4-7H,8-11H2,1-3H3. The third-order valence-electron chi connectivity index (χ3n) is 3.26. The third kappa shape index (κ3) is 5.29. The number of ether oxygens (including phenoxy) is 1. The van der Waals surface area contributed by atoms with Crippen molar-refractivity contribution in [2.45, 2.75) is 39.2 Å². The van der Waals surface area contributed by atoms with Crippen LogP contribution in [-0.4, -0.2) is 35.4 Å². The molecule has 0 spiro atoms. The van der Waals surface area contributed by atoms with Crippen molar-refractivity contribution >= 4 is 11.8 Å². The quantitative estimate of drug-likeness (QED) is 0.785. The average molecular weight is 315 g/mol. The minimum absolute atomic E-state index is 0.287. The number of piperidine rings is 1. The van der Waals surface area contributed by atoms with E-state index in [1.165, 1.54) is 0 Å². The van der Waals surface area contributed by atoms with Gasteiger partial charge < -0.3 is 14.5 Å². The fourth-order valence-electron chi connectivity index (χ4n) is 2.07. The number of benzene rings is 1. The molecule has 0 saturated carbocycles. The number of likely N-dealkylation sites (tertiary alicyclic amines) is 1. The maximum absolute atomic E-state index is 12.0. The molecule has 1 aromatic carbocycles. The molecule has 6 nitrogen and oxygen atoms in total. The zero-order valence-corrected chi connectivity index (χ0v) is 13.7. The van der Waals surface area contributed by atoms with Crippen LogP contribution in [0.2, 0.25) is 0 Å². The van der Waals surface area contributed by atoms with Gasteiger partial charge in [0.1, 0.15) is 5.60 Å². The molecule has 6 heteroatoms. The molecule has 1 heterocycles. The predicted octanol–water partition coefficient (Wildman–Crippen LogP) is 3.32. The summed E-state index contributed by atoms with van der Waals surface area (Å²) in [5, 5.41) is 12.9. The normalized spacial score (nSPS) is 14.9. The first kappa shape index (κ1) is 16.8. The summed E-state index contributed by atoms with van der Waals surface area (Å²) in [6, 6.07) is 8.83. The fourth-order valence-corrected chi connectivity index (χ4v) is 2.07. The molecule has 1 amide bonds. The molecule has 0 radical (unpaired) electrons. The van der Waals surface area contributed by atoms with Gasteiger partial charge >= 0.3 is 6.09 Å². The number of nitrogens with zero attached hydrogens (tertiary/aromatic N) is 3. The Bertz CT molecular complexity index is 614. The lowest BCUT2D eigenvalue weighted by atomic mass is 10.1. The number of carbonyl (C=O) groups is 1. The third-order valence-corrected chi connectivity index (χ3v) is 3.26. The second-order valence-corrected chi connectivity index (χ2v) is 6.35. The van der Waals surface area contributed by atoms with E-state index in [4.69, 9.17) is 14.8 Å². The van der Waals surface area contributed by atoms with Crippen LogP contribution < -0.4 is 4.84 Å². The molecule has 0 unspecified atom stereocenters. The van der Waals surface area contributed by atoms with Gasteiger partial charge in [0.2, 0.25) is 0 Å². The Kier molecular flexibility index (Phi) is 5.22. The van der Waals surface area contributed by atoms with Crippen molar-refractivity contribution in [3.05, 3.63) is 29.8 Å². The van der Waals surface area contributed by atoms with Gasteiger partial charge in [-0.05, 0) is 45.0 Å². The van der Waals surface area contributed by atoms with Crippen LogP contribution in [0.15, 0.2) is 29.4 Å². The van der Waals surface area contributed by atoms with Crippen LogP contribution in [0.3, 0.4) is 0 Å². The Hall–Kier alpha value is -2.55. The van der Waals surface area contributed by atoms with E-state index >= 15 is 0 Å². The Morgan fingerprint density at radius 3 is 2.35 bits per heavy atom. The summed E-state index contributed by atoms with van der Waals surface area (Å²) >= 11 is 0. The minimum Gasteiger partial charge on any atom is -0.444 e. The minimum atomic E-state index is -0.482. The number of hydrogen-bond acceptors (Lipinski definition) is 5. The van der Waals surface area contributed by atoms with Crippen LogP contribution in [0.4, 0.5) is 4.79 Å². The SMILES string of the molecule is CC(C)(C)OC(=O)N1CCC(=NOc2ccc(C#N)cc2)CC1. The lowest BCUT2D eigenvalue weighted by Crippen LogP contribution is -2.42. The molecule has 1 aliphatic heterocycles. The van der Waals surface area contributed by atoms with Crippen LogP contribution in [0.25, 0.3) is 0 Å². The number of nitriles is 1. The van der Waals surface area contributed by atoms with Crippen molar-refractivity contribution < 1.29 is 14.4 Å². The number of carbonyl (C=O) groups excluding carboxylic acids is 1. The molecule has 0 aliphatic carbocycles. The summed E-state index contributed by atoms with van der Waals surface area (Å²) in [6.45, 7) is 6.71. The summed E-state index contributed by atoms with van der Waals surface area (Å²) in [7, 11) is 0. The average Bonchev–Trinajstić information content (AvgIpc) is 2.52. The van der Waals surface area contributed by atoms with E-state index in [1.54, 1.807) is 29.2 Å². The summed E-state index contributed by atoms with van der Waals surface area (Å²) in [4.78, 5) is 19.0. The first-order valence-electron chi connectivity index (χ1n) is 7.58. The van der Waals surface area contributed by atoms with Crippen LogP contribution in [0, 0.1) is 11.3 Å². The van der Waals surface area contributed by atoms with Crippen molar-refractivity contribution in [2.75, 3.05) is 13.1 Å². The van der Waals surface area contributed by atoms with E-state index < -0.39 is 5.60 Å². The number of rotatable bonds is 2. The second-order valence-electron chi connectivity index (χ2n) is 6.35. The topological polar surface area (TPSA) is 74.9 Å². The highest BCUT2D eigenvalue weighted by Gasteiger charge is 2.25. The number of amides is 1. The Balaban J connectivity index is 1.84. The van der Waals surface area contributed by atoms with Crippen LogP contribution in [-0.2, 0) is 4.74 Å². The van der Waals surface area contributed by atoms with Crippen LogP contribution >= 0.6 is 0 Å². The van der Waals surface area contributed by atoms with Gasteiger partial charge in [0.25, 0.3) is 0 Å². The van der Waals surface area contributed by atoms with Crippen molar-refractivity contribution in [1.29, 1.82) is 5.26 Å². The molecule has 0 atom stereocenters. The maximum Gasteiger partial charge on any atom is 0.410 e. The molecule has 122 valence electrons. The van der Waals surface area contributed by atoms with Gasteiger partial charge in [0.15, 0.2) is 5.75 Å². The number of hydrogen-bond donors (Lipinski definition) is 0. The monoisotopic (exact) mass is 315 g/mol. The van der Waals surface area contributed by atoms with Crippen LogP contribution in [0.5, 0.6) is 5.75 Å². The van der Waals surface area contributed by atoms with Crippen molar-refractivity contribution in [3.8, 4) is 11.8 Å². The number of oxime groups is 1. The highest BCUT2D eigenvalue weighted by Crippen LogP contribution is 2.16. The highest BCUT2D eigenvalue weighted by molar-refractivity contribution is 5.86. The zero-order valence-electron chi connectivity index (χ0n) is 13.7. The van der Waals surface area contributed by atoms with E-state index in [0.29, 0.717) is 37.2 Å². The summed E-state index contributed by atoms with van der Waals surface area (Å²) in [6.07, 6.45) is 1.04. The smallest absolute Gasteiger partial charge is 0.410 e. The molecular formula is C17H21N3O3. The van der Waals surface area contributed by atoms with E-state index in [2.05, 4.69) is 11.2 Å². The van der Waals surface area contributed by atoms with Gasteiger partial charge in [0.05, 0.1) is 17.3 Å². The molecular weight excluding hydrogens is 294 g/mol. The van der Waals surface area contributed by atoms with Crippen molar-refractivity contribution in [3.63, 3.8) is 0 Å². The summed E-state index contributed by atoms with van der Waals surface area (Å²) in [5.41, 5.74) is 1.01. The van der Waals surface area contributed by atoms with E-state index in [0.717, 1.165) is 5.71 Å². The lowest BCUT2D eigenvalue weighted by Gasteiger charge is -2.30. The fraction of sp³-hybridized carbons (Fsp3) is 0.471. The molecule has 23 heavy (non-hydrogen) atoms. The second kappa shape index (κ2) is 7.14. The summed E-state index contributed by atoms with van der Waals surface area (Å²) < 4.78 is 5.35. The Labute approximate surface area is 136 Å². The van der Waals surface area contributed by atoms with Gasteiger partial charge in [-0.2, -0.15) is 5.26 Å². The molecule has 0 N–H and O–H groups in total. The summed E-state index contributed by atoms with van der Waals surface area (Å²) in [5.74, 6) is 0.589. The molecule has 2 rings (SSSR count). The Morgan fingerprint density at radius 1 is 1.22 bits per heavy atom. The lowest BCUT2D eigenvalue weighted by molar-refractivity contribution is 0.0248. The molecule has 1 aliphatic rings. The van der Waals surface area contributed by atoms with Gasteiger partial charge in [-0.3, -0.25) is 0 Å². The molecule has 0 aromatic heterocycles. The van der Waals surface area contributed by atoms with Crippen molar-refractivity contribution in [2.24, 2.45) is 5.16 Å². The van der Waals surface area contributed by atoms with Crippen LogP contribution in [0.1, 0.15) is 39.2 Å². The molecule has 1 saturated heterocycles. The van der Waals surface area contributed by atoms with Gasteiger partial charge in [-0.25, -0.2) is 4.79 Å². The molecule has 1 aromatic rings. The maximum atomic E-state index is 12.0. The van der Waals surface area contributed by atoms with Gasteiger partial charge in [-0.1, -0.05) is 5.16 Å². The van der Waals surface area contributed by atoms with E-state index in [1.807, 2.05) is 20.8 Å². The highest BCUT2D eigenvalue weighted by atomic mass is 16.6. The molecule has 1 fully saturated rings. The van der Waals surface area contributed by atoms with E-state index in [9.17, 15) is 4.79 Å². The predicted molar refractivity (Wildman–Crippen MR) is 86.3 cm³/mol. The van der Waals surface area contributed by atoms with E-state index in [-0.39, 0.29) is 6.09 Å². The first-order chi connectivity index (χ1) is 10.9. The molecule has 0 bridgehead atoms. The van der Waals surface area contributed by atoms with Crippen molar-refractivity contribution in [1.82, 2.24) is 4.90 Å².